The van der Waals surface area contributed by atoms with E-state index in [1.807, 2.05) is 0 Å². The number of benzene rings is 1. The molecule has 0 amide bonds. The number of nitrogens with zero attached hydrogens (tertiary/aromatic N) is 1. The largest absolute Gasteiger partial charge is 0.423 e. The molecule has 0 aliphatic heterocycles. The molecular weight excluding hydrogens is 268 g/mol. The van der Waals surface area contributed by atoms with E-state index in [0.717, 1.165) is 6.92 Å². The minimum atomic E-state index is -5.23. The fourth-order valence-electron chi connectivity index (χ4n) is 1.47. The maximum absolute atomic E-state index is 12.6. The molecule has 0 saturated carbocycles. The van der Waals surface area contributed by atoms with Gasteiger partial charge in [0.15, 0.2) is 0 Å². The Kier molecular flexibility index (Phi) is 3.28. The van der Waals surface area contributed by atoms with Gasteiger partial charge in [0.25, 0.3) is 5.69 Å². The van der Waals surface area contributed by atoms with Gasteiger partial charge in [-0.05, 0) is 18.6 Å². The normalized spacial score (nSPS) is 12.6. The molecule has 0 spiro atoms. The van der Waals surface area contributed by atoms with Crippen molar-refractivity contribution in [1.82, 2.24) is 0 Å². The Bertz CT molecular complexity index is 491. The van der Waals surface area contributed by atoms with Crippen LogP contribution in [0.4, 0.5) is 32.0 Å². The minimum absolute atomic E-state index is 0.267. The lowest BCUT2D eigenvalue weighted by Gasteiger charge is -2.14. The van der Waals surface area contributed by atoms with Gasteiger partial charge in [-0.15, -0.1) is 0 Å². The van der Waals surface area contributed by atoms with Crippen molar-refractivity contribution in [2.75, 3.05) is 0 Å². The van der Waals surface area contributed by atoms with Gasteiger partial charge >= 0.3 is 12.4 Å². The number of rotatable bonds is 1. The van der Waals surface area contributed by atoms with E-state index in [0.29, 0.717) is 6.07 Å². The van der Waals surface area contributed by atoms with E-state index in [1.165, 1.54) is 0 Å². The highest BCUT2D eigenvalue weighted by molar-refractivity contribution is 5.54. The second kappa shape index (κ2) is 4.14. The Labute approximate surface area is 96.2 Å². The molecule has 3 nitrogen and oxygen atoms in total. The molecule has 0 unspecified atom stereocenters. The van der Waals surface area contributed by atoms with Gasteiger partial charge in [-0.25, -0.2) is 0 Å². The van der Waals surface area contributed by atoms with Gasteiger partial charge < -0.3 is 0 Å². The van der Waals surface area contributed by atoms with Crippen LogP contribution in [0.2, 0.25) is 0 Å². The van der Waals surface area contributed by atoms with Crippen LogP contribution in [0.25, 0.3) is 0 Å². The lowest BCUT2D eigenvalue weighted by atomic mass is 10.0. The van der Waals surface area contributed by atoms with Crippen LogP contribution in [0.3, 0.4) is 0 Å². The number of nitro groups is 1. The second-order valence-electron chi connectivity index (χ2n) is 3.41. The molecule has 100 valence electrons. The van der Waals surface area contributed by atoms with E-state index in [-0.39, 0.29) is 6.07 Å². The molecule has 0 heterocycles. The van der Waals surface area contributed by atoms with Gasteiger partial charge in [-0.3, -0.25) is 10.1 Å². The standard InChI is InChI=1S/C9H5F6NO2/c1-4-2-3-5(8(10,11)12)7(16(17)18)6(4)9(13,14)15/h2-3H,1H3. The van der Waals surface area contributed by atoms with Gasteiger partial charge in [0.2, 0.25) is 0 Å². The number of aryl methyl sites for hydroxylation is 1. The van der Waals surface area contributed by atoms with Crippen molar-refractivity contribution in [3.63, 3.8) is 0 Å². The molecule has 1 rings (SSSR count). The molecule has 0 radical (unpaired) electrons. The number of hydrogen-bond donors (Lipinski definition) is 0. The smallest absolute Gasteiger partial charge is 0.258 e. The van der Waals surface area contributed by atoms with Crippen LogP contribution in [0.5, 0.6) is 0 Å². The van der Waals surface area contributed by atoms with Crippen molar-refractivity contribution < 1.29 is 31.3 Å². The number of halogens is 6. The van der Waals surface area contributed by atoms with Gasteiger partial charge in [0, 0.05) is 0 Å². The highest BCUT2D eigenvalue weighted by Crippen LogP contribution is 2.45. The highest BCUT2D eigenvalue weighted by Gasteiger charge is 2.47. The molecule has 0 aliphatic rings. The van der Waals surface area contributed by atoms with E-state index in [1.54, 1.807) is 0 Å². The molecule has 0 aromatic heterocycles. The van der Waals surface area contributed by atoms with Gasteiger partial charge in [0.1, 0.15) is 11.1 Å². The zero-order valence-electron chi connectivity index (χ0n) is 8.69. The van der Waals surface area contributed by atoms with E-state index >= 15 is 0 Å². The van der Waals surface area contributed by atoms with Crippen LogP contribution in [0, 0.1) is 17.0 Å². The summed E-state index contributed by atoms with van der Waals surface area (Å²) in [6, 6.07) is 0.821. The summed E-state index contributed by atoms with van der Waals surface area (Å²) < 4.78 is 75.0. The molecule has 0 atom stereocenters. The molecule has 0 aliphatic carbocycles. The number of alkyl halides is 6. The zero-order valence-corrected chi connectivity index (χ0v) is 8.69. The third-order valence-corrected chi connectivity index (χ3v) is 2.16. The first-order valence-electron chi connectivity index (χ1n) is 4.38. The SMILES string of the molecule is Cc1ccc(C(F)(F)F)c([N+](=O)[O-])c1C(F)(F)F. The average Bonchev–Trinajstić information content (AvgIpc) is 2.12. The lowest BCUT2D eigenvalue weighted by Crippen LogP contribution is -2.17. The Morgan fingerprint density at radius 1 is 1.06 bits per heavy atom. The van der Waals surface area contributed by atoms with Crippen molar-refractivity contribution in [3.05, 3.63) is 38.9 Å². The van der Waals surface area contributed by atoms with E-state index in [2.05, 4.69) is 0 Å². The van der Waals surface area contributed by atoms with Crippen LogP contribution in [-0.4, -0.2) is 4.92 Å². The number of nitro benzene ring substituents is 1. The summed E-state index contributed by atoms with van der Waals surface area (Å²) >= 11 is 0. The summed E-state index contributed by atoms with van der Waals surface area (Å²) in [6.07, 6.45) is -10.5. The Morgan fingerprint density at radius 2 is 1.56 bits per heavy atom. The Hall–Kier alpha value is -1.80. The quantitative estimate of drug-likeness (QED) is 0.442. The lowest BCUT2D eigenvalue weighted by molar-refractivity contribution is -0.391. The first-order valence-corrected chi connectivity index (χ1v) is 4.38. The summed E-state index contributed by atoms with van der Waals surface area (Å²) in [4.78, 5) is 8.83. The van der Waals surface area contributed by atoms with Crippen LogP contribution in [0.1, 0.15) is 16.7 Å². The van der Waals surface area contributed by atoms with Crippen molar-refractivity contribution >= 4 is 5.69 Å². The highest BCUT2D eigenvalue weighted by atomic mass is 19.4. The van der Waals surface area contributed by atoms with E-state index in [9.17, 15) is 36.5 Å². The van der Waals surface area contributed by atoms with Crippen LogP contribution >= 0.6 is 0 Å². The first kappa shape index (κ1) is 14.3. The molecule has 18 heavy (non-hydrogen) atoms. The molecular formula is C9H5F6NO2. The third-order valence-electron chi connectivity index (χ3n) is 2.16. The Balaban J connectivity index is 3.76. The average molecular weight is 273 g/mol. The van der Waals surface area contributed by atoms with Gasteiger partial charge in [-0.1, -0.05) is 6.07 Å². The summed E-state index contributed by atoms with van der Waals surface area (Å²) in [7, 11) is 0. The molecule has 0 bridgehead atoms. The van der Waals surface area contributed by atoms with Gasteiger partial charge in [0.05, 0.1) is 4.92 Å². The summed E-state index contributed by atoms with van der Waals surface area (Å²) in [5, 5.41) is 10.5. The topological polar surface area (TPSA) is 43.1 Å². The second-order valence-corrected chi connectivity index (χ2v) is 3.41. The molecule has 1 aromatic rings. The van der Waals surface area contributed by atoms with Gasteiger partial charge in [-0.2, -0.15) is 26.3 Å². The van der Waals surface area contributed by atoms with Crippen molar-refractivity contribution in [2.45, 2.75) is 19.3 Å². The summed E-state index contributed by atoms with van der Waals surface area (Å²) in [5.41, 5.74) is -6.38. The van der Waals surface area contributed by atoms with E-state index < -0.39 is 39.7 Å². The third kappa shape index (κ3) is 2.54. The van der Waals surface area contributed by atoms with Crippen LogP contribution in [0.15, 0.2) is 12.1 Å². The summed E-state index contributed by atoms with van der Waals surface area (Å²) in [6.45, 7) is 0.857. The van der Waals surface area contributed by atoms with E-state index in [4.69, 9.17) is 0 Å². The van der Waals surface area contributed by atoms with Crippen LogP contribution < -0.4 is 0 Å². The predicted octanol–water partition coefficient (Wildman–Crippen LogP) is 3.94. The molecule has 1 aromatic carbocycles. The number of hydrogen-bond acceptors (Lipinski definition) is 2. The molecule has 0 N–H and O–H groups in total. The fourth-order valence-corrected chi connectivity index (χ4v) is 1.47. The monoisotopic (exact) mass is 273 g/mol. The fraction of sp³-hybridized carbons (Fsp3) is 0.333. The molecule has 0 saturated heterocycles. The minimum Gasteiger partial charge on any atom is -0.258 e. The van der Waals surface area contributed by atoms with Crippen LogP contribution in [-0.2, 0) is 12.4 Å². The first-order chi connectivity index (χ1) is 7.96. The summed E-state index contributed by atoms with van der Waals surface area (Å²) in [5.74, 6) is 0. The maximum atomic E-state index is 12.6. The molecule has 0 fully saturated rings. The van der Waals surface area contributed by atoms with Crippen molar-refractivity contribution in [2.24, 2.45) is 0 Å². The Morgan fingerprint density at radius 3 is 1.89 bits per heavy atom. The zero-order chi connectivity index (χ0) is 14.3. The van der Waals surface area contributed by atoms with Crippen molar-refractivity contribution in [3.8, 4) is 0 Å². The van der Waals surface area contributed by atoms with Crippen molar-refractivity contribution in [1.29, 1.82) is 0 Å². The molecule has 9 heteroatoms. The maximum Gasteiger partial charge on any atom is 0.423 e. The predicted molar refractivity (Wildman–Crippen MR) is 47.8 cm³/mol.